The summed E-state index contributed by atoms with van der Waals surface area (Å²) in [6, 6.07) is 24.3. The Balaban J connectivity index is 1.22. The summed E-state index contributed by atoms with van der Waals surface area (Å²) in [5.41, 5.74) is 4.47. The van der Waals surface area contributed by atoms with Gasteiger partial charge in [-0.2, -0.15) is 0 Å². The molecule has 1 aromatic heterocycles. The fraction of sp³-hybridized carbons (Fsp3) is 0.394. The molecule has 39 heavy (non-hydrogen) atoms. The molecule has 4 aromatic rings. The Morgan fingerprint density at radius 3 is 2.49 bits per heavy atom. The molecule has 0 atom stereocenters. The lowest BCUT2D eigenvalue weighted by Crippen LogP contribution is -2.26. The summed E-state index contributed by atoms with van der Waals surface area (Å²) < 4.78 is 13.7. The maximum atomic E-state index is 12.3. The fourth-order valence-corrected chi connectivity index (χ4v) is 4.86. The first-order chi connectivity index (χ1) is 19.0. The Morgan fingerprint density at radius 1 is 0.923 bits per heavy atom. The van der Waals surface area contributed by atoms with Gasteiger partial charge < -0.3 is 19.4 Å². The number of ether oxygens (including phenoxy) is 2. The molecular weight excluding hydrogens is 486 g/mol. The van der Waals surface area contributed by atoms with E-state index in [9.17, 15) is 4.79 Å². The zero-order valence-corrected chi connectivity index (χ0v) is 23.5. The normalized spacial score (nSPS) is 11.2. The second-order valence-electron chi connectivity index (χ2n) is 10.2. The van der Waals surface area contributed by atoms with Crippen LogP contribution in [0.2, 0.25) is 0 Å². The van der Waals surface area contributed by atoms with E-state index in [-0.39, 0.29) is 5.91 Å². The van der Waals surface area contributed by atoms with E-state index < -0.39 is 0 Å². The molecule has 1 heterocycles. The first kappa shape index (κ1) is 28.2. The molecule has 206 valence electrons. The van der Waals surface area contributed by atoms with E-state index >= 15 is 0 Å². The average molecular weight is 528 g/mol. The Kier molecular flexibility index (Phi) is 10.4. The molecular formula is C33H41N3O3. The van der Waals surface area contributed by atoms with E-state index in [0.29, 0.717) is 25.5 Å². The maximum Gasteiger partial charge on any atom is 0.224 e. The highest BCUT2D eigenvalue weighted by Crippen LogP contribution is 2.26. The molecule has 6 nitrogen and oxygen atoms in total. The molecule has 0 radical (unpaired) electrons. The van der Waals surface area contributed by atoms with Crippen LogP contribution in [-0.4, -0.2) is 35.7 Å². The van der Waals surface area contributed by atoms with Crippen molar-refractivity contribution in [2.75, 3.05) is 20.3 Å². The number of methoxy groups -OCH3 is 1. The molecule has 0 aliphatic heterocycles. The van der Waals surface area contributed by atoms with Gasteiger partial charge in [0.2, 0.25) is 5.91 Å². The molecule has 0 fully saturated rings. The van der Waals surface area contributed by atoms with Gasteiger partial charge in [0.15, 0.2) is 0 Å². The topological polar surface area (TPSA) is 65.4 Å². The number of carbonyl (C=O) groups excluding carboxylic acids is 1. The molecule has 0 saturated heterocycles. The second kappa shape index (κ2) is 14.4. The van der Waals surface area contributed by atoms with Crippen LogP contribution in [-0.2, 0) is 24.2 Å². The highest BCUT2D eigenvalue weighted by Gasteiger charge is 2.11. The number of nitrogens with zero attached hydrogens (tertiary/aromatic N) is 2. The predicted octanol–water partition coefficient (Wildman–Crippen LogP) is 6.71. The average Bonchev–Trinajstić information content (AvgIpc) is 3.30. The van der Waals surface area contributed by atoms with Crippen LogP contribution in [0.3, 0.4) is 0 Å². The van der Waals surface area contributed by atoms with Crippen molar-refractivity contribution in [2.45, 2.75) is 64.8 Å². The molecule has 1 N–H and O–H groups in total. The van der Waals surface area contributed by atoms with Crippen LogP contribution in [0.4, 0.5) is 0 Å². The number of aryl methyl sites for hydroxylation is 2. The molecule has 0 unspecified atom stereocenters. The molecule has 3 aromatic carbocycles. The third kappa shape index (κ3) is 8.09. The number of amides is 1. The predicted molar refractivity (Wildman–Crippen MR) is 158 cm³/mol. The molecule has 0 saturated carbocycles. The van der Waals surface area contributed by atoms with Crippen LogP contribution >= 0.6 is 0 Å². The monoisotopic (exact) mass is 527 g/mol. The van der Waals surface area contributed by atoms with Gasteiger partial charge in [0, 0.05) is 19.5 Å². The number of para-hydroxylation sites is 3. The van der Waals surface area contributed by atoms with Crippen LogP contribution < -0.4 is 14.8 Å². The number of benzene rings is 3. The van der Waals surface area contributed by atoms with Crippen molar-refractivity contribution in [3.05, 3.63) is 89.7 Å². The number of hydrogen-bond donors (Lipinski definition) is 1. The fourth-order valence-electron chi connectivity index (χ4n) is 4.86. The summed E-state index contributed by atoms with van der Waals surface area (Å²) >= 11 is 0. The zero-order valence-electron chi connectivity index (χ0n) is 23.5. The first-order valence-corrected chi connectivity index (χ1v) is 14.1. The van der Waals surface area contributed by atoms with E-state index in [1.54, 1.807) is 7.11 Å². The number of carbonyl (C=O) groups is 1. The minimum atomic E-state index is 0.0557. The number of unbranched alkanes of at least 4 members (excludes halogenated alkanes) is 2. The molecule has 4 rings (SSSR count). The lowest BCUT2D eigenvalue weighted by atomic mass is 10.0. The molecule has 1 amide bonds. The number of imidazole rings is 1. The minimum Gasteiger partial charge on any atom is -0.497 e. The summed E-state index contributed by atoms with van der Waals surface area (Å²) in [5.74, 6) is 3.41. The zero-order chi connectivity index (χ0) is 27.5. The Morgan fingerprint density at radius 2 is 1.69 bits per heavy atom. The van der Waals surface area contributed by atoms with Crippen molar-refractivity contribution in [2.24, 2.45) is 0 Å². The molecule has 6 heteroatoms. The third-order valence-electron chi connectivity index (χ3n) is 6.98. The minimum absolute atomic E-state index is 0.0557. The van der Waals surface area contributed by atoms with E-state index in [0.717, 1.165) is 67.1 Å². The Hall–Kier alpha value is -3.80. The molecule has 0 aliphatic carbocycles. The Bertz CT molecular complexity index is 1330. The van der Waals surface area contributed by atoms with Crippen LogP contribution in [0.5, 0.6) is 11.5 Å². The van der Waals surface area contributed by atoms with Gasteiger partial charge in [0.25, 0.3) is 0 Å². The van der Waals surface area contributed by atoms with Crippen LogP contribution in [0.15, 0.2) is 72.8 Å². The number of aromatic nitrogens is 2. The summed E-state index contributed by atoms with van der Waals surface area (Å²) in [6.07, 6.45) is 5.26. The molecule has 0 aliphatic rings. The summed E-state index contributed by atoms with van der Waals surface area (Å²) in [4.78, 5) is 17.2. The van der Waals surface area contributed by atoms with Gasteiger partial charge in [-0.3, -0.25) is 4.79 Å². The summed E-state index contributed by atoms with van der Waals surface area (Å²) in [7, 11) is 1.64. The van der Waals surface area contributed by atoms with Crippen molar-refractivity contribution < 1.29 is 14.3 Å². The third-order valence-corrected chi connectivity index (χ3v) is 6.98. The van der Waals surface area contributed by atoms with Gasteiger partial charge in [-0.1, -0.05) is 62.7 Å². The number of hydrogen-bond acceptors (Lipinski definition) is 4. The number of rotatable bonds is 15. The van der Waals surface area contributed by atoms with Crippen molar-refractivity contribution in [3.63, 3.8) is 0 Å². The first-order valence-electron chi connectivity index (χ1n) is 14.1. The number of nitrogens with one attached hydrogen (secondary N) is 1. The maximum absolute atomic E-state index is 12.3. The quantitative estimate of drug-likeness (QED) is 0.175. The Labute approximate surface area is 232 Å². The van der Waals surface area contributed by atoms with Crippen molar-refractivity contribution in [3.8, 4) is 11.5 Å². The number of fused-ring (bicyclic) bond motifs is 1. The van der Waals surface area contributed by atoms with Crippen LogP contribution in [0.25, 0.3) is 11.0 Å². The largest absolute Gasteiger partial charge is 0.497 e. The SMILES string of the molecule is COc1ccc(CC(=O)NCCCCCc2nc3ccccc3n2CCCOc2ccccc2C(C)C)cc1. The molecule has 0 spiro atoms. The van der Waals surface area contributed by atoms with Gasteiger partial charge in [-0.25, -0.2) is 4.98 Å². The highest BCUT2D eigenvalue weighted by atomic mass is 16.5. The second-order valence-corrected chi connectivity index (χ2v) is 10.2. The van der Waals surface area contributed by atoms with Gasteiger partial charge >= 0.3 is 0 Å². The smallest absolute Gasteiger partial charge is 0.224 e. The van der Waals surface area contributed by atoms with E-state index in [2.05, 4.69) is 60.1 Å². The lowest BCUT2D eigenvalue weighted by Gasteiger charge is -2.14. The van der Waals surface area contributed by atoms with Gasteiger partial charge in [0.05, 0.1) is 31.2 Å². The van der Waals surface area contributed by atoms with E-state index in [4.69, 9.17) is 14.5 Å². The van der Waals surface area contributed by atoms with Crippen LogP contribution in [0, 0.1) is 0 Å². The summed E-state index contributed by atoms with van der Waals surface area (Å²) in [6.45, 7) is 6.64. The highest BCUT2D eigenvalue weighted by molar-refractivity contribution is 5.78. The standard InChI is InChI=1S/C33H41N3O3/c1-25(2)28-12-6-9-15-31(28)39-23-11-22-36-30-14-8-7-13-29(30)35-32(36)16-5-4-10-21-34-33(37)24-26-17-19-27(38-3)20-18-26/h6-9,12-15,17-20,25H,4-5,10-11,16,21-24H2,1-3H3,(H,34,37). The van der Waals surface area contributed by atoms with Crippen LogP contribution in [0.1, 0.15) is 62.4 Å². The molecule has 0 bridgehead atoms. The van der Waals surface area contributed by atoms with Crippen molar-refractivity contribution >= 4 is 16.9 Å². The lowest BCUT2D eigenvalue weighted by molar-refractivity contribution is -0.120. The van der Waals surface area contributed by atoms with E-state index in [1.165, 1.54) is 11.1 Å². The van der Waals surface area contributed by atoms with Gasteiger partial charge in [0.1, 0.15) is 17.3 Å². The van der Waals surface area contributed by atoms with Gasteiger partial charge in [-0.15, -0.1) is 0 Å². The van der Waals surface area contributed by atoms with Gasteiger partial charge in [-0.05, 0) is 66.6 Å². The van der Waals surface area contributed by atoms with Crippen molar-refractivity contribution in [1.29, 1.82) is 0 Å². The summed E-state index contributed by atoms with van der Waals surface area (Å²) in [5, 5.41) is 3.04. The van der Waals surface area contributed by atoms with E-state index in [1.807, 2.05) is 36.4 Å². The van der Waals surface area contributed by atoms with Crippen molar-refractivity contribution in [1.82, 2.24) is 14.9 Å².